The number of hydrogen-bond donors (Lipinski definition) is 1. The molecule has 0 aliphatic rings. The molecule has 1 N–H and O–H groups in total. The third-order valence-electron chi connectivity index (χ3n) is 5.95. The van der Waals surface area contributed by atoms with Gasteiger partial charge in [0.2, 0.25) is 21.8 Å². The first-order chi connectivity index (χ1) is 16.3. The van der Waals surface area contributed by atoms with Crippen LogP contribution in [0.1, 0.15) is 63.6 Å². The molecule has 0 saturated heterocycles. The molecule has 2 aromatic rings. The zero-order valence-electron chi connectivity index (χ0n) is 21.9. The first-order valence-corrected chi connectivity index (χ1v) is 13.9. The fourth-order valence-corrected chi connectivity index (χ4v) is 4.76. The normalized spacial score (nSPS) is 12.5. The number of hydrogen-bond acceptors (Lipinski definition) is 4. The minimum atomic E-state index is -3.75. The highest BCUT2D eigenvalue weighted by Crippen LogP contribution is 2.23. The fourth-order valence-electron chi connectivity index (χ4n) is 3.91. The maximum atomic E-state index is 13.7. The molecule has 0 unspecified atom stereocenters. The van der Waals surface area contributed by atoms with E-state index in [0.29, 0.717) is 18.0 Å². The fraction of sp³-hybridized carbons (Fsp3) is 0.481. The summed E-state index contributed by atoms with van der Waals surface area (Å²) in [4.78, 5) is 28.2. The Morgan fingerprint density at radius 3 is 2.06 bits per heavy atom. The molecule has 35 heavy (non-hydrogen) atoms. The van der Waals surface area contributed by atoms with Crippen molar-refractivity contribution in [1.29, 1.82) is 0 Å². The quantitative estimate of drug-likeness (QED) is 0.500. The van der Waals surface area contributed by atoms with E-state index in [4.69, 9.17) is 0 Å². The molecule has 0 aliphatic carbocycles. The lowest BCUT2D eigenvalue weighted by atomic mass is 10.0. The first kappa shape index (κ1) is 28.4. The molecule has 1 atom stereocenters. The number of anilines is 1. The number of nitrogens with one attached hydrogen (secondary N) is 1. The topological polar surface area (TPSA) is 86.8 Å². The monoisotopic (exact) mass is 501 g/mol. The molecule has 0 aromatic heterocycles. The van der Waals surface area contributed by atoms with Gasteiger partial charge >= 0.3 is 0 Å². The number of carbonyl (C=O) groups is 2. The second-order valence-corrected chi connectivity index (χ2v) is 11.5. The van der Waals surface area contributed by atoms with Crippen LogP contribution in [0.4, 0.5) is 5.69 Å². The Morgan fingerprint density at radius 2 is 1.57 bits per heavy atom. The smallest absolute Gasteiger partial charge is 0.244 e. The summed E-state index contributed by atoms with van der Waals surface area (Å²) in [6.07, 6.45) is 1.49. The average Bonchev–Trinajstić information content (AvgIpc) is 2.77. The molecule has 8 heteroatoms. The summed E-state index contributed by atoms with van der Waals surface area (Å²) >= 11 is 0. The van der Waals surface area contributed by atoms with Crippen LogP contribution in [0.3, 0.4) is 0 Å². The third-order valence-corrected chi connectivity index (χ3v) is 7.09. The molecule has 0 fully saturated rings. The van der Waals surface area contributed by atoms with E-state index in [1.807, 2.05) is 64.1 Å². The Labute approximate surface area is 210 Å². The van der Waals surface area contributed by atoms with E-state index >= 15 is 0 Å². The van der Waals surface area contributed by atoms with Crippen molar-refractivity contribution in [3.05, 3.63) is 65.2 Å². The summed E-state index contributed by atoms with van der Waals surface area (Å²) in [5.74, 6) is -0.388. The molecule has 0 bridgehead atoms. The van der Waals surface area contributed by atoms with Crippen molar-refractivity contribution in [2.45, 2.75) is 72.5 Å². The van der Waals surface area contributed by atoms with E-state index in [0.717, 1.165) is 27.3 Å². The number of amides is 2. The second kappa shape index (κ2) is 12.2. The van der Waals surface area contributed by atoms with Gasteiger partial charge in [-0.3, -0.25) is 13.9 Å². The van der Waals surface area contributed by atoms with Crippen molar-refractivity contribution in [2.75, 3.05) is 17.1 Å². The van der Waals surface area contributed by atoms with Gasteiger partial charge in [-0.25, -0.2) is 8.42 Å². The minimum Gasteiger partial charge on any atom is -0.352 e. The molecule has 0 heterocycles. The Hall–Kier alpha value is -2.87. The highest BCUT2D eigenvalue weighted by atomic mass is 32.2. The van der Waals surface area contributed by atoms with E-state index in [1.54, 1.807) is 12.1 Å². The van der Waals surface area contributed by atoms with E-state index < -0.39 is 28.5 Å². The third kappa shape index (κ3) is 7.82. The van der Waals surface area contributed by atoms with Gasteiger partial charge in [0.1, 0.15) is 12.6 Å². The van der Waals surface area contributed by atoms with Crippen molar-refractivity contribution >= 4 is 27.5 Å². The molecule has 192 valence electrons. The Balaban J connectivity index is 2.45. The van der Waals surface area contributed by atoms with Crippen LogP contribution in [-0.4, -0.2) is 50.0 Å². The number of carbonyl (C=O) groups excluding carboxylic acids is 2. The predicted octanol–water partition coefficient (Wildman–Crippen LogP) is 4.22. The van der Waals surface area contributed by atoms with Gasteiger partial charge in [-0.05, 0) is 61.9 Å². The number of aryl methyl sites for hydroxylation is 1. The van der Waals surface area contributed by atoms with Crippen LogP contribution < -0.4 is 9.62 Å². The number of nitrogens with zero attached hydrogens (tertiary/aromatic N) is 2. The van der Waals surface area contributed by atoms with Gasteiger partial charge in [0, 0.05) is 12.6 Å². The largest absolute Gasteiger partial charge is 0.352 e. The van der Waals surface area contributed by atoms with Gasteiger partial charge in [0.15, 0.2) is 0 Å². The van der Waals surface area contributed by atoms with Crippen LogP contribution in [-0.2, 0) is 26.2 Å². The molecule has 0 radical (unpaired) electrons. The van der Waals surface area contributed by atoms with Gasteiger partial charge < -0.3 is 10.2 Å². The second-order valence-electron chi connectivity index (χ2n) is 9.55. The lowest BCUT2D eigenvalue weighted by Crippen LogP contribution is -2.53. The van der Waals surface area contributed by atoms with E-state index in [9.17, 15) is 18.0 Å². The van der Waals surface area contributed by atoms with Gasteiger partial charge in [-0.2, -0.15) is 0 Å². The summed E-state index contributed by atoms with van der Waals surface area (Å²) in [7, 11) is -3.75. The van der Waals surface area contributed by atoms with Crippen molar-refractivity contribution in [3.63, 3.8) is 0 Å². The number of sulfonamides is 1. The average molecular weight is 502 g/mol. The minimum absolute atomic E-state index is 0.0843. The molecule has 2 aromatic carbocycles. The Morgan fingerprint density at radius 1 is 0.971 bits per heavy atom. The van der Waals surface area contributed by atoms with Crippen LogP contribution in [0.5, 0.6) is 0 Å². The molecule has 2 rings (SSSR count). The van der Waals surface area contributed by atoms with Crippen LogP contribution in [0, 0.1) is 6.92 Å². The SMILES string of the molecule is CC[C@H](C(=O)NC(C)C)N(Cc1ccccc1C)C(=O)CN(c1ccc(C(C)C)cc1)S(C)(=O)=O. The maximum Gasteiger partial charge on any atom is 0.244 e. The van der Waals surface area contributed by atoms with Crippen molar-refractivity contribution in [3.8, 4) is 0 Å². The summed E-state index contributed by atoms with van der Waals surface area (Å²) in [6.45, 7) is 11.5. The van der Waals surface area contributed by atoms with Gasteiger partial charge in [0.05, 0.1) is 11.9 Å². The Kier molecular flexibility index (Phi) is 9.89. The molecule has 7 nitrogen and oxygen atoms in total. The number of rotatable bonds is 11. The molecule has 0 spiro atoms. The lowest BCUT2D eigenvalue weighted by Gasteiger charge is -2.33. The molecular weight excluding hydrogens is 462 g/mol. The molecule has 0 aliphatic heterocycles. The van der Waals surface area contributed by atoms with Crippen molar-refractivity contribution < 1.29 is 18.0 Å². The lowest BCUT2D eigenvalue weighted by molar-refractivity contribution is -0.140. The molecule has 0 saturated carbocycles. The van der Waals surface area contributed by atoms with Gasteiger partial charge in [-0.15, -0.1) is 0 Å². The maximum absolute atomic E-state index is 13.7. The highest BCUT2D eigenvalue weighted by Gasteiger charge is 2.32. The Bertz CT molecular complexity index is 1110. The van der Waals surface area contributed by atoms with Gasteiger partial charge in [-0.1, -0.05) is 57.2 Å². The zero-order valence-corrected chi connectivity index (χ0v) is 22.7. The predicted molar refractivity (Wildman–Crippen MR) is 142 cm³/mol. The van der Waals surface area contributed by atoms with E-state index in [1.165, 1.54) is 4.90 Å². The van der Waals surface area contributed by atoms with Gasteiger partial charge in [0.25, 0.3) is 0 Å². The summed E-state index contributed by atoms with van der Waals surface area (Å²) in [6, 6.07) is 14.0. The van der Waals surface area contributed by atoms with Crippen LogP contribution in [0.25, 0.3) is 0 Å². The zero-order chi connectivity index (χ0) is 26.3. The molecule has 2 amide bonds. The van der Waals surface area contributed by atoms with Crippen molar-refractivity contribution in [2.24, 2.45) is 0 Å². The summed E-state index contributed by atoms with van der Waals surface area (Å²) in [5.41, 5.74) is 3.39. The summed E-state index contributed by atoms with van der Waals surface area (Å²) < 4.78 is 26.5. The van der Waals surface area contributed by atoms with Crippen LogP contribution in [0.2, 0.25) is 0 Å². The van der Waals surface area contributed by atoms with E-state index in [2.05, 4.69) is 19.2 Å². The standard InChI is InChI=1S/C27H39N3O4S/c1-8-25(27(32)28-20(4)5)29(17-23-12-10-9-11-21(23)6)26(31)18-30(35(7,33)34)24-15-13-22(14-16-24)19(2)3/h9-16,19-20,25H,8,17-18H2,1-7H3,(H,28,32)/t25-/m1/s1. The van der Waals surface area contributed by atoms with E-state index in [-0.39, 0.29) is 18.5 Å². The molecular formula is C27H39N3O4S. The van der Waals surface area contributed by atoms with Crippen LogP contribution in [0.15, 0.2) is 48.5 Å². The van der Waals surface area contributed by atoms with Crippen LogP contribution >= 0.6 is 0 Å². The highest BCUT2D eigenvalue weighted by molar-refractivity contribution is 7.92. The first-order valence-electron chi connectivity index (χ1n) is 12.1. The summed E-state index contributed by atoms with van der Waals surface area (Å²) in [5, 5.41) is 2.90. The van der Waals surface area contributed by atoms with Crippen molar-refractivity contribution in [1.82, 2.24) is 10.2 Å². The number of benzene rings is 2.